The molecule has 1 unspecified atom stereocenters. The maximum Gasteiger partial charge on any atom is 0.335 e. The summed E-state index contributed by atoms with van der Waals surface area (Å²) in [7, 11) is 1.83. The summed E-state index contributed by atoms with van der Waals surface area (Å²) in [4.78, 5) is 14.5. The smallest absolute Gasteiger partial charge is 0.335 e. The van der Waals surface area contributed by atoms with Crippen molar-refractivity contribution in [1.29, 1.82) is 0 Å². The molecule has 9 heteroatoms. The van der Waals surface area contributed by atoms with Crippen molar-refractivity contribution in [2.45, 2.75) is 39.9 Å². The van der Waals surface area contributed by atoms with Gasteiger partial charge in [0.2, 0.25) is 0 Å². The van der Waals surface area contributed by atoms with E-state index in [1.807, 2.05) is 50.4 Å². The number of carbonyl (C=O) groups is 1. The zero-order valence-corrected chi connectivity index (χ0v) is 21.7. The van der Waals surface area contributed by atoms with E-state index in [4.69, 9.17) is 14.2 Å². The van der Waals surface area contributed by atoms with Crippen molar-refractivity contribution >= 4 is 17.3 Å². The van der Waals surface area contributed by atoms with Crippen molar-refractivity contribution in [3.8, 4) is 27.6 Å². The second kappa shape index (κ2) is 11.9. The van der Waals surface area contributed by atoms with Crippen LogP contribution in [-0.4, -0.2) is 45.5 Å². The third-order valence-corrected chi connectivity index (χ3v) is 6.96. The Balaban J connectivity index is 1.37. The first-order valence-electron chi connectivity index (χ1n) is 11.9. The second-order valence-corrected chi connectivity index (χ2v) is 9.39. The molecule has 4 rings (SSSR count). The molecule has 0 aliphatic heterocycles. The summed E-state index contributed by atoms with van der Waals surface area (Å²) in [6, 6.07) is 18.2. The van der Waals surface area contributed by atoms with Gasteiger partial charge in [0, 0.05) is 35.4 Å². The number of esters is 1. The number of carbonyl (C=O) groups excluding carboxylic acids is 1. The van der Waals surface area contributed by atoms with E-state index in [9.17, 15) is 4.79 Å². The summed E-state index contributed by atoms with van der Waals surface area (Å²) in [6.45, 7) is 7.04. The van der Waals surface area contributed by atoms with Crippen LogP contribution in [0.1, 0.15) is 29.9 Å². The third kappa shape index (κ3) is 6.16. The van der Waals surface area contributed by atoms with Crippen LogP contribution in [0.4, 0.5) is 0 Å². The van der Waals surface area contributed by atoms with E-state index in [1.54, 1.807) is 22.9 Å². The Bertz CT molecular complexity index is 1280. The zero-order valence-electron chi connectivity index (χ0n) is 20.9. The Morgan fingerprint density at radius 2 is 1.75 bits per heavy atom. The molecule has 0 amide bonds. The van der Waals surface area contributed by atoms with Gasteiger partial charge in [0.15, 0.2) is 11.9 Å². The highest BCUT2D eigenvalue weighted by Crippen LogP contribution is 2.33. The molecule has 1 atom stereocenters. The summed E-state index contributed by atoms with van der Waals surface area (Å²) in [6.07, 6.45) is -0.133. The van der Waals surface area contributed by atoms with Crippen molar-refractivity contribution < 1.29 is 19.0 Å². The molecule has 8 nitrogen and oxygen atoms in total. The number of nitrogens with zero attached hydrogens (tertiary/aromatic N) is 4. The molecule has 0 aliphatic rings. The molecule has 0 fully saturated rings. The van der Waals surface area contributed by atoms with Crippen molar-refractivity contribution in [2.75, 3.05) is 13.2 Å². The van der Waals surface area contributed by atoms with Gasteiger partial charge in [-0.1, -0.05) is 36.4 Å². The Morgan fingerprint density at radius 1 is 1.03 bits per heavy atom. The Morgan fingerprint density at radius 3 is 2.39 bits per heavy atom. The predicted octanol–water partition coefficient (Wildman–Crippen LogP) is 5.00. The number of rotatable bonds is 11. The number of aromatic nitrogens is 4. The molecule has 188 valence electrons. The number of hydrogen-bond acceptors (Lipinski definition) is 8. The molecule has 0 radical (unpaired) electrons. The molecule has 0 bridgehead atoms. The Kier molecular flexibility index (Phi) is 8.45. The predicted molar refractivity (Wildman–Crippen MR) is 139 cm³/mol. The van der Waals surface area contributed by atoms with E-state index in [-0.39, 0.29) is 5.97 Å². The van der Waals surface area contributed by atoms with E-state index in [0.717, 1.165) is 28.3 Å². The quantitative estimate of drug-likeness (QED) is 0.264. The molecule has 4 aromatic rings. The molecule has 2 heterocycles. The summed E-state index contributed by atoms with van der Waals surface area (Å²) < 4.78 is 18.4. The highest BCUT2D eigenvalue weighted by atomic mass is 32.1. The standard InChI is InChI=1S/C27H30N4O4S/c1-5-33-23(27(32)34-6-2)16-19-7-13-22(14-8-19)35-17-25-18(3)15-24(36-25)20-9-11-21(12-10-20)26-28-29-30-31(26)4/h7-15,23H,5-6,16-17H2,1-4H3. The molecule has 0 saturated heterocycles. The number of hydrogen-bond donors (Lipinski definition) is 0. The number of tetrazole rings is 1. The average molecular weight is 507 g/mol. The van der Waals surface area contributed by atoms with Gasteiger partial charge < -0.3 is 14.2 Å². The lowest BCUT2D eigenvalue weighted by atomic mass is 10.1. The van der Waals surface area contributed by atoms with Crippen molar-refractivity contribution in [3.63, 3.8) is 0 Å². The summed E-state index contributed by atoms with van der Waals surface area (Å²) in [5, 5.41) is 11.7. The topological polar surface area (TPSA) is 88.4 Å². The van der Waals surface area contributed by atoms with Gasteiger partial charge in [-0.2, -0.15) is 0 Å². The highest BCUT2D eigenvalue weighted by molar-refractivity contribution is 7.15. The van der Waals surface area contributed by atoms with Crippen LogP contribution in [0, 0.1) is 6.92 Å². The normalized spacial score (nSPS) is 11.9. The number of ether oxygens (including phenoxy) is 3. The highest BCUT2D eigenvalue weighted by Gasteiger charge is 2.20. The Labute approximate surface area is 214 Å². The van der Waals surface area contributed by atoms with E-state index in [0.29, 0.717) is 26.2 Å². The van der Waals surface area contributed by atoms with Crippen LogP contribution < -0.4 is 4.74 Å². The number of benzene rings is 2. The van der Waals surface area contributed by atoms with Gasteiger partial charge in [-0.25, -0.2) is 9.48 Å². The van der Waals surface area contributed by atoms with E-state index >= 15 is 0 Å². The van der Waals surface area contributed by atoms with E-state index < -0.39 is 6.10 Å². The first-order valence-corrected chi connectivity index (χ1v) is 12.7. The molecule has 36 heavy (non-hydrogen) atoms. The van der Waals surface area contributed by atoms with Gasteiger partial charge in [0.25, 0.3) is 0 Å². The van der Waals surface area contributed by atoms with Crippen LogP contribution in [0.5, 0.6) is 5.75 Å². The molecule has 2 aromatic heterocycles. The molecule has 0 N–H and O–H groups in total. The average Bonchev–Trinajstić information content (AvgIpc) is 3.48. The first-order chi connectivity index (χ1) is 17.5. The molecule has 0 aliphatic carbocycles. The number of aryl methyl sites for hydroxylation is 2. The number of thiophene rings is 1. The molecule has 2 aromatic carbocycles. The summed E-state index contributed by atoms with van der Waals surface area (Å²) in [5.74, 6) is 1.18. The fraction of sp³-hybridized carbons (Fsp3) is 0.333. The van der Waals surface area contributed by atoms with Crippen LogP contribution in [0.25, 0.3) is 21.8 Å². The second-order valence-electron chi connectivity index (χ2n) is 8.25. The van der Waals surface area contributed by atoms with Crippen LogP contribution in [0.3, 0.4) is 0 Å². The van der Waals surface area contributed by atoms with Gasteiger partial charge in [0.1, 0.15) is 12.4 Å². The lowest BCUT2D eigenvalue weighted by Gasteiger charge is -2.15. The van der Waals surface area contributed by atoms with Crippen LogP contribution in [0.2, 0.25) is 0 Å². The Hall–Kier alpha value is -3.56. The maximum atomic E-state index is 12.1. The van der Waals surface area contributed by atoms with Gasteiger partial charge in [-0.15, -0.1) is 16.4 Å². The fourth-order valence-electron chi connectivity index (χ4n) is 3.79. The monoisotopic (exact) mass is 506 g/mol. The zero-order chi connectivity index (χ0) is 25.5. The van der Waals surface area contributed by atoms with Crippen molar-refractivity contribution in [2.24, 2.45) is 7.05 Å². The van der Waals surface area contributed by atoms with Gasteiger partial charge in [-0.3, -0.25) is 0 Å². The molecular weight excluding hydrogens is 476 g/mol. The SMILES string of the molecule is CCOC(=O)C(Cc1ccc(OCc2sc(-c3ccc(-c4nnnn4C)cc3)cc2C)cc1)OCC. The van der Waals surface area contributed by atoms with Gasteiger partial charge in [-0.05, 0) is 66.1 Å². The summed E-state index contributed by atoms with van der Waals surface area (Å²) >= 11 is 1.72. The molecule has 0 spiro atoms. The minimum absolute atomic E-state index is 0.330. The van der Waals surface area contributed by atoms with Crippen LogP contribution in [-0.2, 0) is 34.3 Å². The van der Waals surface area contributed by atoms with Crippen LogP contribution >= 0.6 is 11.3 Å². The van der Waals surface area contributed by atoms with E-state index in [1.165, 1.54) is 15.3 Å². The first kappa shape index (κ1) is 25.5. The molecule has 0 saturated carbocycles. The van der Waals surface area contributed by atoms with Crippen LogP contribution in [0.15, 0.2) is 54.6 Å². The minimum atomic E-state index is -0.597. The van der Waals surface area contributed by atoms with Gasteiger partial charge in [0.05, 0.1) is 6.61 Å². The third-order valence-electron chi connectivity index (χ3n) is 5.70. The fourth-order valence-corrected chi connectivity index (χ4v) is 4.89. The lowest BCUT2D eigenvalue weighted by molar-refractivity contribution is -0.156. The van der Waals surface area contributed by atoms with Crippen molar-refractivity contribution in [3.05, 3.63) is 70.6 Å². The maximum absolute atomic E-state index is 12.1. The van der Waals surface area contributed by atoms with Crippen molar-refractivity contribution in [1.82, 2.24) is 20.2 Å². The summed E-state index contributed by atoms with van der Waals surface area (Å²) in [5.41, 5.74) is 4.30. The largest absolute Gasteiger partial charge is 0.488 e. The minimum Gasteiger partial charge on any atom is -0.488 e. The van der Waals surface area contributed by atoms with Gasteiger partial charge >= 0.3 is 5.97 Å². The lowest BCUT2D eigenvalue weighted by Crippen LogP contribution is -2.28. The molecular formula is C27H30N4O4S. The van der Waals surface area contributed by atoms with E-state index in [2.05, 4.69) is 40.6 Å².